The molecule has 2 heterocycles. The number of aromatic nitrogens is 3. The Kier molecular flexibility index (Phi) is 4.55. The molecule has 136 valence electrons. The maximum absolute atomic E-state index is 12.7. The van der Waals surface area contributed by atoms with Crippen LogP contribution in [0.25, 0.3) is 15.9 Å². The van der Waals surface area contributed by atoms with E-state index < -0.39 is 5.97 Å². The molecule has 0 fully saturated rings. The van der Waals surface area contributed by atoms with Gasteiger partial charge in [0.25, 0.3) is 5.56 Å². The second kappa shape index (κ2) is 7.16. The number of carbonyl (C=O) groups is 1. The van der Waals surface area contributed by atoms with E-state index in [9.17, 15) is 9.59 Å². The highest BCUT2D eigenvalue weighted by Crippen LogP contribution is 2.20. The Bertz CT molecular complexity index is 1180. The molecule has 0 aliphatic heterocycles. The van der Waals surface area contributed by atoms with Crippen molar-refractivity contribution in [1.82, 2.24) is 14.6 Å². The van der Waals surface area contributed by atoms with Gasteiger partial charge in [-0.1, -0.05) is 41.7 Å². The van der Waals surface area contributed by atoms with Crippen LogP contribution in [0.4, 0.5) is 5.13 Å². The van der Waals surface area contributed by atoms with Crippen molar-refractivity contribution in [2.45, 2.75) is 6.42 Å². The number of anilines is 1. The number of esters is 1. The zero-order valence-corrected chi connectivity index (χ0v) is 15.3. The lowest BCUT2D eigenvalue weighted by Gasteiger charge is -2.01. The molecule has 8 heteroatoms. The van der Waals surface area contributed by atoms with E-state index in [1.165, 1.54) is 28.5 Å². The van der Waals surface area contributed by atoms with Crippen LogP contribution in [0, 0.1) is 0 Å². The highest BCUT2D eigenvalue weighted by molar-refractivity contribution is 7.20. The zero-order chi connectivity index (χ0) is 18.8. The molecule has 1 N–H and O–H groups in total. The third-order valence-corrected chi connectivity index (χ3v) is 5.02. The summed E-state index contributed by atoms with van der Waals surface area (Å²) >= 11 is 1.29. The number of carbonyl (C=O) groups excluding carboxylic acids is 1. The molecule has 0 aliphatic rings. The summed E-state index contributed by atoms with van der Waals surface area (Å²) in [5.74, 6) is -0.466. The van der Waals surface area contributed by atoms with Crippen LogP contribution in [-0.2, 0) is 11.2 Å². The maximum Gasteiger partial charge on any atom is 0.337 e. The molecule has 4 rings (SSSR count). The van der Waals surface area contributed by atoms with Gasteiger partial charge in [0.05, 0.1) is 23.6 Å². The van der Waals surface area contributed by atoms with E-state index in [2.05, 4.69) is 27.5 Å². The Morgan fingerprint density at radius 1 is 1.22 bits per heavy atom. The van der Waals surface area contributed by atoms with Gasteiger partial charge in [-0.15, -0.1) is 5.10 Å². The van der Waals surface area contributed by atoms with Gasteiger partial charge in [-0.05, 0) is 30.2 Å². The van der Waals surface area contributed by atoms with Crippen molar-refractivity contribution in [3.8, 4) is 0 Å². The molecular weight excluding hydrogens is 364 g/mol. The summed E-state index contributed by atoms with van der Waals surface area (Å²) in [5.41, 5.74) is 1.76. The van der Waals surface area contributed by atoms with E-state index in [4.69, 9.17) is 4.74 Å². The lowest BCUT2D eigenvalue weighted by atomic mass is 10.1. The summed E-state index contributed by atoms with van der Waals surface area (Å²) in [4.78, 5) is 29.3. The predicted octanol–water partition coefficient (Wildman–Crippen LogP) is 2.75. The molecule has 0 aliphatic carbocycles. The Morgan fingerprint density at radius 3 is 2.81 bits per heavy atom. The van der Waals surface area contributed by atoms with Gasteiger partial charge in [0.2, 0.25) is 10.1 Å². The number of nitrogens with zero attached hydrogens (tertiary/aromatic N) is 3. The van der Waals surface area contributed by atoms with Crippen LogP contribution in [0.5, 0.6) is 0 Å². The van der Waals surface area contributed by atoms with Crippen molar-refractivity contribution in [2.75, 3.05) is 19.0 Å². The topological polar surface area (TPSA) is 85.6 Å². The van der Waals surface area contributed by atoms with E-state index >= 15 is 0 Å². The fourth-order valence-corrected chi connectivity index (χ4v) is 3.61. The minimum Gasteiger partial charge on any atom is -0.465 e. The lowest BCUT2D eigenvalue weighted by molar-refractivity contribution is 0.0601. The average Bonchev–Trinajstić information content (AvgIpc) is 3.11. The summed E-state index contributed by atoms with van der Waals surface area (Å²) in [6.45, 7) is 0.699. The second-order valence-electron chi connectivity index (χ2n) is 5.90. The normalized spacial score (nSPS) is 11.0. The number of hydrogen-bond donors (Lipinski definition) is 1. The third kappa shape index (κ3) is 3.39. The maximum atomic E-state index is 12.7. The SMILES string of the molecule is COC(=O)c1ccc2c(=O)n3nc(NCCc4ccccc4)sc3nc2c1. The number of methoxy groups -OCH3 is 1. The number of nitrogens with one attached hydrogen (secondary N) is 1. The fraction of sp³-hybridized carbons (Fsp3) is 0.158. The van der Waals surface area contributed by atoms with Gasteiger partial charge in [-0.3, -0.25) is 4.79 Å². The first-order valence-electron chi connectivity index (χ1n) is 8.35. The molecule has 0 saturated heterocycles. The van der Waals surface area contributed by atoms with E-state index in [1.54, 1.807) is 18.2 Å². The van der Waals surface area contributed by atoms with E-state index in [0.29, 0.717) is 33.1 Å². The molecule has 0 radical (unpaired) electrons. The minimum atomic E-state index is -0.466. The van der Waals surface area contributed by atoms with Crippen molar-refractivity contribution in [1.29, 1.82) is 0 Å². The average molecular weight is 380 g/mol. The molecule has 0 unspecified atom stereocenters. The monoisotopic (exact) mass is 380 g/mol. The van der Waals surface area contributed by atoms with Gasteiger partial charge in [0.1, 0.15) is 0 Å². The highest BCUT2D eigenvalue weighted by atomic mass is 32.1. The standard InChI is InChI=1S/C19H16N4O3S/c1-26-17(25)13-7-8-14-15(11-13)21-19-23(16(14)24)22-18(27-19)20-10-9-12-5-3-2-4-6-12/h2-8,11H,9-10H2,1H3,(H,20,22). The van der Waals surface area contributed by atoms with Crippen LogP contribution in [0.15, 0.2) is 53.3 Å². The molecule has 2 aromatic heterocycles. The number of fused-ring (bicyclic) bond motifs is 2. The van der Waals surface area contributed by atoms with Gasteiger partial charge in [0.15, 0.2) is 0 Å². The lowest BCUT2D eigenvalue weighted by Crippen LogP contribution is -2.16. The van der Waals surface area contributed by atoms with Crippen molar-refractivity contribution in [3.63, 3.8) is 0 Å². The van der Waals surface area contributed by atoms with E-state index in [0.717, 1.165) is 6.42 Å². The smallest absolute Gasteiger partial charge is 0.337 e. The van der Waals surface area contributed by atoms with Crippen LogP contribution < -0.4 is 10.9 Å². The molecule has 2 aromatic carbocycles. The molecule has 0 bridgehead atoms. The molecule has 4 aromatic rings. The van der Waals surface area contributed by atoms with Crippen LogP contribution in [-0.4, -0.2) is 34.2 Å². The van der Waals surface area contributed by atoms with Gasteiger partial charge < -0.3 is 10.1 Å². The van der Waals surface area contributed by atoms with Crippen molar-refractivity contribution < 1.29 is 9.53 Å². The number of rotatable bonds is 5. The summed E-state index contributed by atoms with van der Waals surface area (Å²) in [6, 6.07) is 14.8. The molecular formula is C19H16N4O3S. The van der Waals surface area contributed by atoms with Crippen molar-refractivity contribution in [2.24, 2.45) is 0 Å². The second-order valence-corrected chi connectivity index (χ2v) is 6.86. The molecule has 0 amide bonds. The quantitative estimate of drug-likeness (QED) is 0.536. The first kappa shape index (κ1) is 17.2. The first-order valence-corrected chi connectivity index (χ1v) is 9.17. The number of ether oxygens (including phenoxy) is 1. The van der Waals surface area contributed by atoms with Gasteiger partial charge in [-0.2, -0.15) is 4.52 Å². The summed E-state index contributed by atoms with van der Waals surface area (Å²) in [7, 11) is 1.31. The minimum absolute atomic E-state index is 0.265. The van der Waals surface area contributed by atoms with E-state index in [1.807, 2.05) is 18.2 Å². The van der Waals surface area contributed by atoms with Gasteiger partial charge in [-0.25, -0.2) is 9.78 Å². The van der Waals surface area contributed by atoms with Gasteiger partial charge in [0, 0.05) is 6.54 Å². The number of benzene rings is 2. The first-order chi connectivity index (χ1) is 13.2. The molecule has 0 atom stereocenters. The Morgan fingerprint density at radius 2 is 2.04 bits per heavy atom. The van der Waals surface area contributed by atoms with Crippen molar-refractivity contribution in [3.05, 3.63) is 70.0 Å². The van der Waals surface area contributed by atoms with Crippen LogP contribution in [0.2, 0.25) is 0 Å². The van der Waals surface area contributed by atoms with Crippen LogP contribution in [0.1, 0.15) is 15.9 Å². The van der Waals surface area contributed by atoms with Gasteiger partial charge >= 0.3 is 5.97 Å². The molecule has 27 heavy (non-hydrogen) atoms. The van der Waals surface area contributed by atoms with Crippen molar-refractivity contribution >= 4 is 38.3 Å². The third-order valence-electron chi connectivity index (χ3n) is 4.15. The molecule has 0 saturated carbocycles. The Labute approximate surface area is 158 Å². The van der Waals surface area contributed by atoms with Crippen LogP contribution in [0.3, 0.4) is 0 Å². The largest absolute Gasteiger partial charge is 0.465 e. The molecule has 0 spiro atoms. The Hall–Kier alpha value is -3.26. The summed E-state index contributed by atoms with van der Waals surface area (Å²) in [5, 5.41) is 8.59. The number of hydrogen-bond acceptors (Lipinski definition) is 7. The summed E-state index contributed by atoms with van der Waals surface area (Å²) in [6.07, 6.45) is 0.851. The predicted molar refractivity (Wildman–Crippen MR) is 105 cm³/mol. The zero-order valence-electron chi connectivity index (χ0n) is 14.5. The van der Waals surface area contributed by atoms with Crippen LogP contribution >= 0.6 is 11.3 Å². The summed E-state index contributed by atoms with van der Waals surface area (Å²) < 4.78 is 6.01. The molecule has 7 nitrogen and oxygen atoms in total. The van der Waals surface area contributed by atoms with E-state index in [-0.39, 0.29) is 5.56 Å². The Balaban J connectivity index is 1.63. The highest BCUT2D eigenvalue weighted by Gasteiger charge is 2.13. The fourth-order valence-electron chi connectivity index (χ4n) is 2.78.